The molecule has 8 heteroatoms. The number of ether oxygens (including phenoxy) is 1. The molecular weight excluding hydrogens is 409 g/mol. The number of aromatic nitrogens is 3. The van der Waals surface area contributed by atoms with Crippen LogP contribution in [0.25, 0.3) is 17.3 Å². The molecule has 1 saturated heterocycles. The van der Waals surface area contributed by atoms with Crippen LogP contribution in [0.15, 0.2) is 48.5 Å². The molecule has 2 heterocycles. The molecule has 3 aromatic rings. The third-order valence-electron chi connectivity index (χ3n) is 4.57. The van der Waals surface area contributed by atoms with Gasteiger partial charge in [0.15, 0.2) is 5.82 Å². The number of nitriles is 1. The molecule has 0 bridgehead atoms. The maximum absolute atomic E-state index is 9.86. The summed E-state index contributed by atoms with van der Waals surface area (Å²) in [5, 5.41) is 19.5. The Morgan fingerprint density at radius 2 is 1.79 bits per heavy atom. The van der Waals surface area contributed by atoms with E-state index in [1.165, 1.54) is 0 Å². The standard InChI is InChI=1S/C21H17Cl2N5O/c22-18-7-6-15(13-19(18)23)12-16(14-24)20-25-26-21(27-8-10-29-11-9-27)28(20)17-4-2-1-3-5-17/h1-7,12-13H,8-11H2/b16-12+. The van der Waals surface area contributed by atoms with Crippen LogP contribution >= 0.6 is 23.2 Å². The zero-order chi connectivity index (χ0) is 20.2. The first-order valence-electron chi connectivity index (χ1n) is 9.08. The molecule has 0 aliphatic carbocycles. The van der Waals surface area contributed by atoms with Gasteiger partial charge in [0.2, 0.25) is 5.95 Å². The fraction of sp³-hybridized carbons (Fsp3) is 0.190. The van der Waals surface area contributed by atoms with Crippen molar-refractivity contribution >= 4 is 40.8 Å². The topological polar surface area (TPSA) is 67.0 Å². The average Bonchev–Trinajstić information content (AvgIpc) is 3.20. The van der Waals surface area contributed by atoms with Gasteiger partial charge < -0.3 is 9.64 Å². The lowest BCUT2D eigenvalue weighted by Gasteiger charge is -2.28. The van der Waals surface area contributed by atoms with Crippen molar-refractivity contribution in [2.45, 2.75) is 0 Å². The molecule has 0 N–H and O–H groups in total. The molecule has 1 aliphatic heterocycles. The van der Waals surface area contributed by atoms with E-state index in [4.69, 9.17) is 27.9 Å². The Hall–Kier alpha value is -2.85. The quantitative estimate of drug-likeness (QED) is 0.576. The predicted molar refractivity (Wildman–Crippen MR) is 114 cm³/mol. The largest absolute Gasteiger partial charge is 0.378 e. The molecule has 0 radical (unpaired) electrons. The highest BCUT2D eigenvalue weighted by molar-refractivity contribution is 6.42. The molecule has 0 saturated carbocycles. The van der Waals surface area contributed by atoms with Crippen LogP contribution in [-0.2, 0) is 4.74 Å². The Balaban J connectivity index is 1.83. The zero-order valence-corrected chi connectivity index (χ0v) is 16.9. The molecule has 1 aliphatic rings. The van der Waals surface area contributed by atoms with Crippen LogP contribution in [0.2, 0.25) is 10.0 Å². The van der Waals surface area contributed by atoms with E-state index in [1.54, 1.807) is 24.3 Å². The van der Waals surface area contributed by atoms with Gasteiger partial charge in [-0.2, -0.15) is 5.26 Å². The third-order valence-corrected chi connectivity index (χ3v) is 5.31. The van der Waals surface area contributed by atoms with Crippen molar-refractivity contribution < 1.29 is 4.74 Å². The van der Waals surface area contributed by atoms with Crippen molar-refractivity contribution in [2.24, 2.45) is 0 Å². The fourth-order valence-corrected chi connectivity index (χ4v) is 3.46. The van der Waals surface area contributed by atoms with Gasteiger partial charge in [0, 0.05) is 13.1 Å². The summed E-state index contributed by atoms with van der Waals surface area (Å²) in [7, 11) is 0. The Kier molecular flexibility index (Phi) is 5.81. The number of halogens is 2. The van der Waals surface area contributed by atoms with Gasteiger partial charge in [-0.25, -0.2) is 0 Å². The molecule has 0 spiro atoms. The lowest BCUT2D eigenvalue weighted by Crippen LogP contribution is -2.38. The van der Waals surface area contributed by atoms with Crippen molar-refractivity contribution in [3.8, 4) is 11.8 Å². The average molecular weight is 426 g/mol. The SMILES string of the molecule is N#C/C(=C\c1ccc(Cl)c(Cl)c1)c1nnc(N2CCOCC2)n1-c1ccccc1. The summed E-state index contributed by atoms with van der Waals surface area (Å²) < 4.78 is 7.36. The summed E-state index contributed by atoms with van der Waals surface area (Å²) in [6, 6.07) is 17.2. The Morgan fingerprint density at radius 1 is 1.03 bits per heavy atom. The molecule has 2 aromatic carbocycles. The van der Waals surface area contributed by atoms with Crippen molar-refractivity contribution in [3.05, 3.63) is 70.0 Å². The second kappa shape index (κ2) is 8.66. The van der Waals surface area contributed by atoms with Gasteiger partial charge in [-0.15, -0.1) is 10.2 Å². The van der Waals surface area contributed by atoms with E-state index in [9.17, 15) is 5.26 Å². The fourth-order valence-electron chi connectivity index (χ4n) is 3.15. The van der Waals surface area contributed by atoms with E-state index in [1.807, 2.05) is 34.9 Å². The van der Waals surface area contributed by atoms with E-state index in [0.717, 1.165) is 11.3 Å². The maximum Gasteiger partial charge on any atom is 0.232 e. The summed E-state index contributed by atoms with van der Waals surface area (Å²) in [5.41, 5.74) is 2.01. The molecule has 1 aromatic heterocycles. The highest BCUT2D eigenvalue weighted by Crippen LogP contribution is 2.28. The van der Waals surface area contributed by atoms with Crippen LogP contribution < -0.4 is 4.90 Å². The Bertz CT molecular complexity index is 1080. The van der Waals surface area contributed by atoms with Crippen LogP contribution in [0, 0.1) is 11.3 Å². The van der Waals surface area contributed by atoms with Gasteiger partial charge in [-0.3, -0.25) is 4.57 Å². The lowest BCUT2D eigenvalue weighted by molar-refractivity contribution is 0.122. The van der Waals surface area contributed by atoms with Crippen LogP contribution in [0.3, 0.4) is 0 Å². The van der Waals surface area contributed by atoms with Crippen LogP contribution in [0.5, 0.6) is 0 Å². The molecule has 29 heavy (non-hydrogen) atoms. The molecule has 0 atom stereocenters. The molecule has 0 amide bonds. The zero-order valence-electron chi connectivity index (χ0n) is 15.4. The Labute approximate surface area is 178 Å². The van der Waals surface area contributed by atoms with Gasteiger partial charge in [-0.1, -0.05) is 47.5 Å². The highest BCUT2D eigenvalue weighted by atomic mass is 35.5. The second-order valence-electron chi connectivity index (χ2n) is 6.44. The van der Waals surface area contributed by atoms with Gasteiger partial charge >= 0.3 is 0 Å². The monoisotopic (exact) mass is 425 g/mol. The smallest absolute Gasteiger partial charge is 0.232 e. The summed E-state index contributed by atoms with van der Waals surface area (Å²) in [6.07, 6.45) is 1.73. The van der Waals surface area contributed by atoms with Crippen LogP contribution in [-0.4, -0.2) is 41.1 Å². The first-order valence-corrected chi connectivity index (χ1v) is 9.84. The summed E-state index contributed by atoms with van der Waals surface area (Å²) in [6.45, 7) is 2.68. The van der Waals surface area contributed by atoms with E-state index < -0.39 is 0 Å². The van der Waals surface area contributed by atoms with Crippen molar-refractivity contribution in [2.75, 3.05) is 31.2 Å². The lowest BCUT2D eigenvalue weighted by atomic mass is 10.1. The number of rotatable bonds is 4. The number of morpholine rings is 1. The van der Waals surface area contributed by atoms with Gasteiger partial charge in [0.25, 0.3) is 0 Å². The van der Waals surface area contributed by atoms with E-state index in [2.05, 4.69) is 21.2 Å². The first kappa shape index (κ1) is 19.5. The summed E-state index contributed by atoms with van der Waals surface area (Å²) in [4.78, 5) is 2.11. The maximum atomic E-state index is 9.86. The number of para-hydroxylation sites is 1. The first-order chi connectivity index (χ1) is 14.2. The number of allylic oxidation sites excluding steroid dienone is 1. The van der Waals surface area contributed by atoms with Crippen molar-refractivity contribution in [1.82, 2.24) is 14.8 Å². The minimum Gasteiger partial charge on any atom is -0.378 e. The van der Waals surface area contributed by atoms with Gasteiger partial charge in [0.05, 0.1) is 34.5 Å². The molecule has 0 unspecified atom stereocenters. The summed E-state index contributed by atoms with van der Waals surface area (Å²) >= 11 is 12.1. The van der Waals surface area contributed by atoms with Gasteiger partial charge in [0.1, 0.15) is 6.07 Å². The molecule has 4 rings (SSSR count). The number of nitrogens with zero attached hydrogens (tertiary/aromatic N) is 5. The number of hydrogen-bond acceptors (Lipinski definition) is 5. The molecule has 146 valence electrons. The van der Waals surface area contributed by atoms with Crippen LogP contribution in [0.4, 0.5) is 5.95 Å². The Morgan fingerprint density at radius 3 is 2.48 bits per heavy atom. The normalized spacial score (nSPS) is 14.7. The van der Waals surface area contributed by atoms with Crippen molar-refractivity contribution in [1.29, 1.82) is 5.26 Å². The highest BCUT2D eigenvalue weighted by Gasteiger charge is 2.23. The number of benzene rings is 2. The third kappa shape index (κ3) is 4.13. The number of anilines is 1. The van der Waals surface area contributed by atoms with Crippen LogP contribution in [0.1, 0.15) is 11.4 Å². The molecule has 6 nitrogen and oxygen atoms in total. The number of hydrogen-bond donors (Lipinski definition) is 0. The van der Waals surface area contributed by atoms with Crippen molar-refractivity contribution in [3.63, 3.8) is 0 Å². The van der Waals surface area contributed by atoms with E-state index in [-0.39, 0.29) is 0 Å². The minimum absolute atomic E-state index is 0.374. The van der Waals surface area contributed by atoms with E-state index in [0.29, 0.717) is 53.7 Å². The van der Waals surface area contributed by atoms with Gasteiger partial charge in [-0.05, 0) is 35.9 Å². The predicted octanol–water partition coefficient (Wildman–Crippen LogP) is 4.47. The second-order valence-corrected chi connectivity index (χ2v) is 7.25. The minimum atomic E-state index is 0.374. The molecule has 1 fully saturated rings. The molecular formula is C21H17Cl2N5O. The summed E-state index contributed by atoms with van der Waals surface area (Å²) in [5.74, 6) is 1.15. The van der Waals surface area contributed by atoms with E-state index >= 15 is 0 Å².